The van der Waals surface area contributed by atoms with Crippen molar-refractivity contribution >= 4 is 5.69 Å². The summed E-state index contributed by atoms with van der Waals surface area (Å²) in [5, 5.41) is 0. The molecule has 0 unspecified atom stereocenters. The van der Waals surface area contributed by atoms with E-state index < -0.39 is 0 Å². The van der Waals surface area contributed by atoms with Crippen LogP contribution in [0.25, 0.3) is 0 Å². The van der Waals surface area contributed by atoms with Crippen LogP contribution in [0.4, 0.5) is 5.69 Å². The molecule has 0 N–H and O–H groups in total. The Hall–Kier alpha value is -1.02. The topological polar surface area (TPSA) is 6.48 Å². The fourth-order valence-electron chi connectivity index (χ4n) is 3.35. The Morgan fingerprint density at radius 1 is 1.17 bits per heavy atom. The molecule has 1 aromatic rings. The molecule has 0 amide bonds. The second kappa shape index (κ2) is 4.27. The summed E-state index contributed by atoms with van der Waals surface area (Å²) in [6.07, 6.45) is 0. The van der Waals surface area contributed by atoms with Gasteiger partial charge in [0.2, 0.25) is 0 Å². The maximum absolute atomic E-state index is 2.54. The normalized spacial score (nSPS) is 22.1. The molecule has 2 aliphatic rings. The number of benzene rings is 1. The van der Waals surface area contributed by atoms with E-state index >= 15 is 0 Å². The average Bonchev–Trinajstić information content (AvgIpc) is 2.26. The van der Waals surface area contributed by atoms with E-state index in [9.17, 15) is 0 Å². The van der Waals surface area contributed by atoms with Crippen molar-refractivity contribution in [3.8, 4) is 0 Å². The van der Waals surface area contributed by atoms with Crippen molar-refractivity contribution in [1.29, 1.82) is 0 Å². The summed E-state index contributed by atoms with van der Waals surface area (Å²) in [7, 11) is 0. The lowest BCUT2D eigenvalue weighted by Gasteiger charge is -2.61. The fourth-order valence-corrected chi connectivity index (χ4v) is 3.35. The van der Waals surface area contributed by atoms with Crippen LogP contribution in [0, 0.1) is 5.41 Å². The summed E-state index contributed by atoms with van der Waals surface area (Å²) in [4.78, 5) is 5.08. The quantitative estimate of drug-likeness (QED) is 0.806. The summed E-state index contributed by atoms with van der Waals surface area (Å²) in [5.41, 5.74) is 3.50. The van der Waals surface area contributed by atoms with E-state index in [1.807, 2.05) is 0 Å². The SMILES string of the molecule is CCN1CC2(C1)CN(c1cccc(C(C)C)c1)C2. The van der Waals surface area contributed by atoms with Crippen molar-refractivity contribution in [3.05, 3.63) is 29.8 Å². The molecule has 0 saturated carbocycles. The van der Waals surface area contributed by atoms with Crippen LogP contribution in [0.2, 0.25) is 0 Å². The summed E-state index contributed by atoms with van der Waals surface area (Å²) in [6, 6.07) is 9.07. The molecule has 1 aromatic carbocycles. The van der Waals surface area contributed by atoms with Crippen LogP contribution in [0.3, 0.4) is 0 Å². The van der Waals surface area contributed by atoms with Crippen molar-refractivity contribution in [2.45, 2.75) is 26.7 Å². The molecule has 18 heavy (non-hydrogen) atoms. The highest BCUT2D eigenvalue weighted by Gasteiger charge is 2.50. The first-order valence-corrected chi connectivity index (χ1v) is 7.19. The van der Waals surface area contributed by atoms with Crippen molar-refractivity contribution in [2.24, 2.45) is 5.41 Å². The van der Waals surface area contributed by atoms with E-state index in [2.05, 4.69) is 54.8 Å². The molecule has 0 aliphatic carbocycles. The Balaban J connectivity index is 1.63. The number of hydrogen-bond acceptors (Lipinski definition) is 2. The lowest BCUT2D eigenvalue weighted by Crippen LogP contribution is -2.72. The number of anilines is 1. The maximum atomic E-state index is 2.54. The molecule has 2 nitrogen and oxygen atoms in total. The van der Waals surface area contributed by atoms with Crippen LogP contribution in [0.1, 0.15) is 32.3 Å². The Kier molecular flexibility index (Phi) is 2.86. The van der Waals surface area contributed by atoms with Crippen LogP contribution in [-0.2, 0) is 0 Å². The number of nitrogens with zero attached hydrogens (tertiary/aromatic N) is 2. The summed E-state index contributed by atoms with van der Waals surface area (Å²) in [5.74, 6) is 0.625. The van der Waals surface area contributed by atoms with Crippen LogP contribution < -0.4 is 4.90 Å². The molecular weight excluding hydrogens is 220 g/mol. The molecule has 2 saturated heterocycles. The highest BCUT2D eigenvalue weighted by molar-refractivity contribution is 5.52. The zero-order valence-electron chi connectivity index (χ0n) is 11.8. The molecule has 2 aliphatic heterocycles. The van der Waals surface area contributed by atoms with Gasteiger partial charge in [-0.1, -0.05) is 32.9 Å². The van der Waals surface area contributed by atoms with Crippen molar-refractivity contribution in [1.82, 2.24) is 4.90 Å². The maximum Gasteiger partial charge on any atom is 0.0369 e. The molecule has 3 rings (SSSR count). The lowest BCUT2D eigenvalue weighted by molar-refractivity contribution is -0.0177. The second-order valence-corrected chi connectivity index (χ2v) is 6.41. The Morgan fingerprint density at radius 3 is 2.50 bits per heavy atom. The average molecular weight is 244 g/mol. The van der Waals surface area contributed by atoms with E-state index in [1.54, 1.807) is 0 Å². The third-order valence-corrected chi connectivity index (χ3v) is 4.52. The van der Waals surface area contributed by atoms with E-state index in [1.165, 1.54) is 44.0 Å². The zero-order chi connectivity index (χ0) is 12.8. The van der Waals surface area contributed by atoms with Gasteiger partial charge in [0.1, 0.15) is 0 Å². The van der Waals surface area contributed by atoms with Gasteiger partial charge in [-0.05, 0) is 30.2 Å². The number of likely N-dealkylation sites (tertiary alicyclic amines) is 1. The third-order valence-electron chi connectivity index (χ3n) is 4.52. The first-order chi connectivity index (χ1) is 8.62. The van der Waals surface area contributed by atoms with Crippen LogP contribution in [0.15, 0.2) is 24.3 Å². The first-order valence-electron chi connectivity index (χ1n) is 7.19. The Labute approximate surface area is 111 Å². The second-order valence-electron chi connectivity index (χ2n) is 6.41. The number of rotatable bonds is 3. The smallest absolute Gasteiger partial charge is 0.0369 e. The standard InChI is InChI=1S/C16H24N2/c1-4-17-9-16(10-17)11-18(12-16)15-7-5-6-14(8-15)13(2)3/h5-8,13H,4,9-12H2,1-3H3. The molecular formula is C16H24N2. The van der Waals surface area contributed by atoms with Gasteiger partial charge in [0.25, 0.3) is 0 Å². The molecule has 1 spiro atoms. The van der Waals surface area contributed by atoms with Gasteiger partial charge >= 0.3 is 0 Å². The van der Waals surface area contributed by atoms with Gasteiger partial charge in [-0.2, -0.15) is 0 Å². The summed E-state index contributed by atoms with van der Waals surface area (Å²) in [6.45, 7) is 13.1. The molecule has 0 bridgehead atoms. The highest BCUT2D eigenvalue weighted by Crippen LogP contribution is 2.41. The molecule has 0 aromatic heterocycles. The predicted molar refractivity (Wildman–Crippen MR) is 77.3 cm³/mol. The van der Waals surface area contributed by atoms with E-state index in [0.29, 0.717) is 11.3 Å². The third kappa shape index (κ3) is 1.93. The van der Waals surface area contributed by atoms with Crippen molar-refractivity contribution < 1.29 is 0 Å². The van der Waals surface area contributed by atoms with Crippen LogP contribution in [0.5, 0.6) is 0 Å². The van der Waals surface area contributed by atoms with Gasteiger partial charge in [-0.15, -0.1) is 0 Å². The number of hydrogen-bond donors (Lipinski definition) is 0. The predicted octanol–water partition coefficient (Wildman–Crippen LogP) is 2.95. The Bertz CT molecular complexity index is 424. The minimum Gasteiger partial charge on any atom is -0.370 e. The highest BCUT2D eigenvalue weighted by atomic mass is 15.3. The molecule has 98 valence electrons. The monoisotopic (exact) mass is 244 g/mol. The van der Waals surface area contributed by atoms with Crippen LogP contribution >= 0.6 is 0 Å². The lowest BCUT2D eigenvalue weighted by atomic mass is 9.72. The fraction of sp³-hybridized carbons (Fsp3) is 0.625. The van der Waals surface area contributed by atoms with E-state index in [-0.39, 0.29) is 0 Å². The van der Waals surface area contributed by atoms with Crippen molar-refractivity contribution in [2.75, 3.05) is 37.6 Å². The molecule has 0 atom stereocenters. The van der Waals surface area contributed by atoms with Gasteiger partial charge in [-0.3, -0.25) is 0 Å². The minimum absolute atomic E-state index is 0.625. The summed E-state index contributed by atoms with van der Waals surface area (Å²) >= 11 is 0. The summed E-state index contributed by atoms with van der Waals surface area (Å²) < 4.78 is 0. The zero-order valence-corrected chi connectivity index (χ0v) is 11.8. The van der Waals surface area contributed by atoms with Gasteiger partial charge < -0.3 is 9.80 Å². The minimum atomic E-state index is 0.625. The Morgan fingerprint density at radius 2 is 1.89 bits per heavy atom. The molecule has 2 heterocycles. The van der Waals surface area contributed by atoms with Crippen molar-refractivity contribution in [3.63, 3.8) is 0 Å². The first kappa shape index (κ1) is 12.0. The van der Waals surface area contributed by atoms with E-state index in [4.69, 9.17) is 0 Å². The molecule has 2 fully saturated rings. The van der Waals surface area contributed by atoms with Crippen LogP contribution in [-0.4, -0.2) is 37.6 Å². The van der Waals surface area contributed by atoms with Gasteiger partial charge in [0, 0.05) is 37.3 Å². The largest absolute Gasteiger partial charge is 0.370 e. The van der Waals surface area contributed by atoms with E-state index in [0.717, 1.165) is 0 Å². The molecule has 2 heteroatoms. The molecule has 0 radical (unpaired) electrons. The van der Waals surface area contributed by atoms with Gasteiger partial charge in [0.05, 0.1) is 0 Å². The van der Waals surface area contributed by atoms with Gasteiger partial charge in [-0.25, -0.2) is 0 Å². The van der Waals surface area contributed by atoms with Gasteiger partial charge in [0.15, 0.2) is 0 Å².